The second kappa shape index (κ2) is 7.32. The Balaban J connectivity index is 1.60. The molecule has 2 nitrogen and oxygen atoms in total. The lowest BCUT2D eigenvalue weighted by atomic mass is 9.85. The number of halogens is 1. The molecule has 0 saturated heterocycles. The Labute approximate surface area is 138 Å². The van der Waals surface area contributed by atoms with E-state index < -0.39 is 0 Å². The number of nitrogens with zero attached hydrogens (tertiary/aromatic N) is 2. The largest absolute Gasteiger partial charge is 0.335 e. The fourth-order valence-electron chi connectivity index (χ4n) is 3.53. The Hall–Kier alpha value is -1.28. The lowest BCUT2D eigenvalue weighted by molar-refractivity contribution is 0.356. The zero-order valence-electron chi connectivity index (χ0n) is 13.4. The molecule has 1 heterocycles. The molecule has 0 spiro atoms. The number of aromatic nitrogens is 2. The highest BCUT2D eigenvalue weighted by Crippen LogP contribution is 2.28. The maximum atomic E-state index is 6.50. The van der Waals surface area contributed by atoms with Gasteiger partial charge in [0, 0.05) is 24.0 Å². The Morgan fingerprint density at radius 1 is 1.23 bits per heavy atom. The van der Waals surface area contributed by atoms with E-state index in [2.05, 4.69) is 27.8 Å². The molecule has 3 heteroatoms. The third-order valence-corrected chi connectivity index (χ3v) is 5.26. The average Bonchev–Trinajstić information content (AvgIpc) is 2.93. The van der Waals surface area contributed by atoms with Crippen LogP contribution in [0.3, 0.4) is 0 Å². The Morgan fingerprint density at radius 3 is 2.73 bits per heavy atom. The lowest BCUT2D eigenvalue weighted by Crippen LogP contribution is -2.09. The highest BCUT2D eigenvalue weighted by molar-refractivity contribution is 6.31. The van der Waals surface area contributed by atoms with Gasteiger partial charge in [-0.2, -0.15) is 0 Å². The summed E-state index contributed by atoms with van der Waals surface area (Å²) >= 11 is 6.50. The number of benzene rings is 1. The van der Waals surface area contributed by atoms with Crippen LogP contribution in [0.25, 0.3) is 0 Å². The van der Waals surface area contributed by atoms with Crippen LogP contribution in [-0.4, -0.2) is 9.55 Å². The number of rotatable bonds is 5. The minimum absolute atomic E-state index is 0.865. The fourth-order valence-corrected chi connectivity index (χ4v) is 3.82. The van der Waals surface area contributed by atoms with Gasteiger partial charge >= 0.3 is 0 Å². The third-order valence-electron chi connectivity index (χ3n) is 4.91. The zero-order chi connectivity index (χ0) is 15.4. The summed E-state index contributed by atoms with van der Waals surface area (Å²) in [5.74, 6) is 1.93. The molecule has 22 heavy (non-hydrogen) atoms. The molecule has 0 amide bonds. The van der Waals surface area contributed by atoms with E-state index in [1.165, 1.54) is 49.7 Å². The first kappa shape index (κ1) is 15.6. The number of hydrogen-bond acceptors (Lipinski definition) is 1. The summed E-state index contributed by atoms with van der Waals surface area (Å²) in [6.07, 6.45) is 13.0. The van der Waals surface area contributed by atoms with Crippen LogP contribution in [0.2, 0.25) is 5.02 Å². The van der Waals surface area contributed by atoms with Crippen LogP contribution in [0, 0.1) is 12.8 Å². The molecule has 0 unspecified atom stereocenters. The van der Waals surface area contributed by atoms with Crippen molar-refractivity contribution in [2.45, 2.75) is 58.4 Å². The van der Waals surface area contributed by atoms with Crippen molar-refractivity contribution in [1.82, 2.24) is 9.55 Å². The topological polar surface area (TPSA) is 17.8 Å². The SMILES string of the molecule is Cc1nccn1CCc1ccc(CC2CCCCC2)cc1Cl. The predicted octanol–water partition coefficient (Wildman–Crippen LogP) is 5.21. The van der Waals surface area contributed by atoms with Gasteiger partial charge < -0.3 is 4.57 Å². The predicted molar refractivity (Wildman–Crippen MR) is 92.4 cm³/mol. The molecule has 0 atom stereocenters. The second-order valence-corrected chi connectivity index (χ2v) is 6.96. The van der Waals surface area contributed by atoms with Crippen molar-refractivity contribution in [3.8, 4) is 0 Å². The summed E-state index contributed by atoms with van der Waals surface area (Å²) in [5.41, 5.74) is 2.64. The Morgan fingerprint density at radius 2 is 2.05 bits per heavy atom. The van der Waals surface area contributed by atoms with E-state index in [9.17, 15) is 0 Å². The number of aryl methyl sites for hydroxylation is 3. The minimum Gasteiger partial charge on any atom is -0.335 e. The molecule has 0 bridgehead atoms. The van der Waals surface area contributed by atoms with Crippen molar-refractivity contribution in [2.75, 3.05) is 0 Å². The number of imidazole rings is 1. The van der Waals surface area contributed by atoms with E-state index in [4.69, 9.17) is 11.6 Å². The molecule has 1 aromatic carbocycles. The van der Waals surface area contributed by atoms with Gasteiger partial charge in [-0.05, 0) is 42.9 Å². The molecular weight excluding hydrogens is 292 g/mol. The summed E-state index contributed by atoms with van der Waals surface area (Å²) in [7, 11) is 0. The van der Waals surface area contributed by atoms with Gasteiger partial charge in [-0.25, -0.2) is 4.98 Å². The second-order valence-electron chi connectivity index (χ2n) is 6.55. The smallest absolute Gasteiger partial charge is 0.105 e. The standard InChI is InChI=1S/C19H25ClN2/c1-15-21-10-12-22(15)11-9-18-8-7-17(14-19(18)20)13-16-5-3-2-4-6-16/h7-8,10,12,14,16H,2-6,9,11,13H2,1H3. The third kappa shape index (κ3) is 3.92. The van der Waals surface area contributed by atoms with Crippen LogP contribution in [0.1, 0.15) is 49.1 Å². The monoisotopic (exact) mass is 316 g/mol. The molecule has 1 saturated carbocycles. The molecule has 0 radical (unpaired) electrons. The number of hydrogen-bond donors (Lipinski definition) is 0. The summed E-state index contributed by atoms with van der Waals surface area (Å²) < 4.78 is 2.17. The molecule has 1 fully saturated rings. The maximum Gasteiger partial charge on any atom is 0.105 e. The van der Waals surface area contributed by atoms with Gasteiger partial charge in [0.1, 0.15) is 5.82 Å². The van der Waals surface area contributed by atoms with Gasteiger partial charge in [0.25, 0.3) is 0 Å². The van der Waals surface area contributed by atoms with Crippen molar-refractivity contribution in [1.29, 1.82) is 0 Å². The quantitative estimate of drug-likeness (QED) is 0.740. The van der Waals surface area contributed by atoms with Crippen LogP contribution in [0.15, 0.2) is 30.6 Å². The van der Waals surface area contributed by atoms with Crippen molar-refractivity contribution in [3.05, 3.63) is 52.6 Å². The van der Waals surface area contributed by atoms with E-state index in [1.54, 1.807) is 0 Å². The molecule has 0 N–H and O–H groups in total. The van der Waals surface area contributed by atoms with Crippen molar-refractivity contribution < 1.29 is 0 Å². The zero-order valence-corrected chi connectivity index (χ0v) is 14.1. The van der Waals surface area contributed by atoms with E-state index in [1.807, 2.05) is 19.3 Å². The molecule has 2 aromatic rings. The highest BCUT2D eigenvalue weighted by atomic mass is 35.5. The minimum atomic E-state index is 0.865. The van der Waals surface area contributed by atoms with Crippen LogP contribution < -0.4 is 0 Å². The van der Waals surface area contributed by atoms with E-state index in [-0.39, 0.29) is 0 Å². The average molecular weight is 317 g/mol. The van der Waals surface area contributed by atoms with Crippen molar-refractivity contribution >= 4 is 11.6 Å². The molecule has 1 aromatic heterocycles. The molecule has 3 rings (SSSR count). The van der Waals surface area contributed by atoms with Crippen LogP contribution in [0.5, 0.6) is 0 Å². The summed E-state index contributed by atoms with van der Waals surface area (Å²) in [4.78, 5) is 4.26. The van der Waals surface area contributed by atoms with Crippen LogP contribution >= 0.6 is 11.6 Å². The maximum absolute atomic E-state index is 6.50. The van der Waals surface area contributed by atoms with Gasteiger partial charge in [-0.1, -0.05) is 55.8 Å². The summed E-state index contributed by atoms with van der Waals surface area (Å²) in [5, 5.41) is 0.922. The molecule has 118 valence electrons. The van der Waals surface area contributed by atoms with Gasteiger partial charge in [0.15, 0.2) is 0 Å². The first-order valence-corrected chi connectivity index (χ1v) is 8.85. The first-order chi connectivity index (χ1) is 10.7. The van der Waals surface area contributed by atoms with Crippen molar-refractivity contribution in [3.63, 3.8) is 0 Å². The van der Waals surface area contributed by atoms with Crippen LogP contribution in [0.4, 0.5) is 0 Å². The van der Waals surface area contributed by atoms with Gasteiger partial charge in [-0.3, -0.25) is 0 Å². The Bertz CT molecular complexity index is 612. The summed E-state index contributed by atoms with van der Waals surface area (Å²) in [6, 6.07) is 6.68. The molecule has 1 aliphatic carbocycles. The van der Waals surface area contributed by atoms with E-state index >= 15 is 0 Å². The molecule has 1 aliphatic rings. The fraction of sp³-hybridized carbons (Fsp3) is 0.526. The van der Waals surface area contributed by atoms with Gasteiger partial charge in [0.2, 0.25) is 0 Å². The molecular formula is C19H25ClN2. The molecule has 0 aliphatic heterocycles. The van der Waals surface area contributed by atoms with Gasteiger partial charge in [-0.15, -0.1) is 0 Å². The van der Waals surface area contributed by atoms with E-state index in [0.29, 0.717) is 0 Å². The first-order valence-electron chi connectivity index (χ1n) is 8.47. The van der Waals surface area contributed by atoms with Crippen molar-refractivity contribution in [2.24, 2.45) is 5.92 Å². The van der Waals surface area contributed by atoms with E-state index in [0.717, 1.165) is 29.7 Å². The summed E-state index contributed by atoms with van der Waals surface area (Å²) in [6.45, 7) is 2.97. The normalized spacial score (nSPS) is 16.1. The van der Waals surface area contributed by atoms with Gasteiger partial charge in [0.05, 0.1) is 0 Å². The Kier molecular flexibility index (Phi) is 5.20. The highest BCUT2D eigenvalue weighted by Gasteiger charge is 2.14. The van der Waals surface area contributed by atoms with Crippen LogP contribution in [-0.2, 0) is 19.4 Å². The lowest BCUT2D eigenvalue weighted by Gasteiger charge is -2.21.